The molecule has 4 rings (SSSR count). The van der Waals surface area contributed by atoms with Gasteiger partial charge in [0, 0.05) is 45.6 Å². The molecule has 6 heteroatoms. The van der Waals surface area contributed by atoms with Gasteiger partial charge in [-0.25, -0.2) is 5.01 Å². The molecule has 0 radical (unpaired) electrons. The van der Waals surface area contributed by atoms with E-state index < -0.39 is 0 Å². The van der Waals surface area contributed by atoms with Crippen LogP contribution in [0.2, 0.25) is 0 Å². The number of piperazine rings is 1. The molecule has 0 aliphatic carbocycles. The Labute approximate surface area is 177 Å². The smallest absolute Gasteiger partial charge is 0.244 e. The molecule has 1 saturated heterocycles. The number of hydrogen-bond acceptors (Lipinski definition) is 4. The maximum absolute atomic E-state index is 12.8. The molecule has 0 N–H and O–H groups in total. The van der Waals surface area contributed by atoms with Crippen LogP contribution in [0.25, 0.3) is 0 Å². The summed E-state index contributed by atoms with van der Waals surface area (Å²) in [6.45, 7) is 6.01. The molecular formula is C24H28N4O2. The molecule has 0 bridgehead atoms. The lowest BCUT2D eigenvalue weighted by Gasteiger charge is -2.35. The lowest BCUT2D eigenvalue weighted by molar-refractivity contribution is -0.141. The van der Waals surface area contributed by atoms with Crippen molar-refractivity contribution in [3.63, 3.8) is 0 Å². The van der Waals surface area contributed by atoms with Crippen LogP contribution in [0.1, 0.15) is 29.5 Å². The van der Waals surface area contributed by atoms with Gasteiger partial charge in [0.05, 0.1) is 5.71 Å². The van der Waals surface area contributed by atoms with E-state index in [4.69, 9.17) is 0 Å². The van der Waals surface area contributed by atoms with Gasteiger partial charge in [-0.15, -0.1) is 0 Å². The van der Waals surface area contributed by atoms with Crippen molar-refractivity contribution in [2.75, 3.05) is 32.7 Å². The maximum Gasteiger partial charge on any atom is 0.244 e. The zero-order valence-corrected chi connectivity index (χ0v) is 17.5. The number of carbonyl (C=O) groups is 2. The Morgan fingerprint density at radius 3 is 2.33 bits per heavy atom. The summed E-state index contributed by atoms with van der Waals surface area (Å²) in [7, 11) is 0. The van der Waals surface area contributed by atoms with E-state index in [2.05, 4.69) is 34.3 Å². The second kappa shape index (κ2) is 9.22. The maximum atomic E-state index is 12.8. The zero-order chi connectivity index (χ0) is 20.9. The molecule has 2 aromatic carbocycles. The van der Waals surface area contributed by atoms with Gasteiger partial charge >= 0.3 is 0 Å². The molecule has 0 spiro atoms. The van der Waals surface area contributed by atoms with E-state index in [1.54, 1.807) is 0 Å². The van der Waals surface area contributed by atoms with Crippen LogP contribution >= 0.6 is 0 Å². The summed E-state index contributed by atoms with van der Waals surface area (Å²) in [6.07, 6.45) is 1.01. The first-order valence-electron chi connectivity index (χ1n) is 10.6. The van der Waals surface area contributed by atoms with Crippen molar-refractivity contribution >= 4 is 17.5 Å². The van der Waals surface area contributed by atoms with Gasteiger partial charge < -0.3 is 4.90 Å². The molecule has 0 saturated carbocycles. The van der Waals surface area contributed by atoms with Crippen molar-refractivity contribution in [3.8, 4) is 0 Å². The Kier molecular flexibility index (Phi) is 6.23. The number of nitrogens with zero attached hydrogens (tertiary/aromatic N) is 4. The van der Waals surface area contributed by atoms with E-state index in [-0.39, 0.29) is 18.4 Å². The third-order valence-corrected chi connectivity index (χ3v) is 5.75. The fourth-order valence-electron chi connectivity index (χ4n) is 3.90. The van der Waals surface area contributed by atoms with Crippen molar-refractivity contribution in [2.45, 2.75) is 26.3 Å². The van der Waals surface area contributed by atoms with E-state index in [9.17, 15) is 9.59 Å². The second-order valence-corrected chi connectivity index (χ2v) is 8.01. The summed E-state index contributed by atoms with van der Waals surface area (Å²) in [5.41, 5.74) is 4.36. The summed E-state index contributed by atoms with van der Waals surface area (Å²) in [5, 5.41) is 5.87. The molecule has 0 atom stereocenters. The molecule has 2 aliphatic heterocycles. The zero-order valence-electron chi connectivity index (χ0n) is 17.5. The van der Waals surface area contributed by atoms with Crippen LogP contribution in [0.3, 0.4) is 0 Å². The van der Waals surface area contributed by atoms with Gasteiger partial charge in [-0.1, -0.05) is 60.2 Å². The molecule has 0 aromatic heterocycles. The van der Waals surface area contributed by atoms with Gasteiger partial charge in [-0.05, 0) is 18.1 Å². The average Bonchev–Trinajstić information content (AvgIpc) is 2.77. The minimum atomic E-state index is -0.0816. The van der Waals surface area contributed by atoms with E-state index in [0.29, 0.717) is 25.9 Å². The lowest BCUT2D eigenvalue weighted by atomic mass is 10.0. The third kappa shape index (κ3) is 4.94. The van der Waals surface area contributed by atoms with Gasteiger partial charge in [-0.2, -0.15) is 5.10 Å². The molecule has 2 amide bonds. The fraction of sp³-hybridized carbons (Fsp3) is 0.375. The van der Waals surface area contributed by atoms with Crippen LogP contribution in [0, 0.1) is 6.92 Å². The highest BCUT2D eigenvalue weighted by Crippen LogP contribution is 2.16. The predicted octanol–water partition coefficient (Wildman–Crippen LogP) is 2.67. The predicted molar refractivity (Wildman–Crippen MR) is 117 cm³/mol. The first kappa shape index (κ1) is 20.3. The van der Waals surface area contributed by atoms with Crippen molar-refractivity contribution in [2.24, 2.45) is 5.10 Å². The SMILES string of the molecule is Cc1ccc(C2=NN(CC(=O)N3CCN(Cc4ccccc4)CC3)C(=O)CC2)cc1. The van der Waals surface area contributed by atoms with Gasteiger partial charge in [0.15, 0.2) is 0 Å². The van der Waals surface area contributed by atoms with E-state index in [0.717, 1.165) is 30.9 Å². The summed E-state index contributed by atoms with van der Waals surface area (Å²) in [6, 6.07) is 18.5. The quantitative estimate of drug-likeness (QED) is 0.770. The van der Waals surface area contributed by atoms with Crippen LogP contribution < -0.4 is 0 Å². The summed E-state index contributed by atoms with van der Waals surface area (Å²) < 4.78 is 0. The van der Waals surface area contributed by atoms with Crippen molar-refractivity contribution in [1.29, 1.82) is 0 Å². The molecule has 30 heavy (non-hydrogen) atoms. The monoisotopic (exact) mass is 404 g/mol. The molecule has 2 aliphatic rings. The molecule has 6 nitrogen and oxygen atoms in total. The normalized spacial score (nSPS) is 17.8. The minimum absolute atomic E-state index is 0.0207. The highest BCUT2D eigenvalue weighted by atomic mass is 16.2. The molecule has 156 valence electrons. The number of carbonyl (C=O) groups excluding carboxylic acids is 2. The molecule has 2 heterocycles. The summed E-state index contributed by atoms with van der Waals surface area (Å²) in [4.78, 5) is 29.4. The number of benzene rings is 2. The van der Waals surface area contributed by atoms with Crippen LogP contribution in [0.15, 0.2) is 59.7 Å². The Hall–Kier alpha value is -2.99. The van der Waals surface area contributed by atoms with Crippen molar-refractivity contribution in [1.82, 2.24) is 14.8 Å². The Morgan fingerprint density at radius 2 is 1.63 bits per heavy atom. The van der Waals surface area contributed by atoms with E-state index in [1.807, 2.05) is 42.2 Å². The van der Waals surface area contributed by atoms with Crippen LogP contribution in [-0.4, -0.2) is 65.1 Å². The van der Waals surface area contributed by atoms with Gasteiger partial charge in [0.1, 0.15) is 6.54 Å². The number of hydrazone groups is 1. The average molecular weight is 405 g/mol. The van der Waals surface area contributed by atoms with Crippen molar-refractivity contribution < 1.29 is 9.59 Å². The Bertz CT molecular complexity index is 916. The van der Waals surface area contributed by atoms with Crippen LogP contribution in [0.5, 0.6) is 0 Å². The topological polar surface area (TPSA) is 56.2 Å². The van der Waals surface area contributed by atoms with Crippen LogP contribution in [0.4, 0.5) is 0 Å². The molecule has 0 unspecified atom stereocenters. The number of hydrogen-bond donors (Lipinski definition) is 0. The molecular weight excluding hydrogens is 376 g/mol. The first-order chi connectivity index (χ1) is 14.6. The van der Waals surface area contributed by atoms with Gasteiger partial charge in [-0.3, -0.25) is 14.5 Å². The number of amides is 2. The molecule has 2 aromatic rings. The highest BCUT2D eigenvalue weighted by Gasteiger charge is 2.27. The highest BCUT2D eigenvalue weighted by molar-refractivity contribution is 6.04. The fourth-order valence-corrected chi connectivity index (χ4v) is 3.90. The summed E-state index contributed by atoms with van der Waals surface area (Å²) >= 11 is 0. The Morgan fingerprint density at radius 1 is 0.933 bits per heavy atom. The largest absolute Gasteiger partial charge is 0.339 e. The minimum Gasteiger partial charge on any atom is -0.339 e. The van der Waals surface area contributed by atoms with E-state index in [1.165, 1.54) is 16.1 Å². The third-order valence-electron chi connectivity index (χ3n) is 5.75. The van der Waals surface area contributed by atoms with Crippen LogP contribution in [-0.2, 0) is 16.1 Å². The van der Waals surface area contributed by atoms with Gasteiger partial charge in [0.25, 0.3) is 0 Å². The first-order valence-corrected chi connectivity index (χ1v) is 10.6. The van der Waals surface area contributed by atoms with Gasteiger partial charge in [0.2, 0.25) is 11.8 Å². The molecule has 1 fully saturated rings. The second-order valence-electron chi connectivity index (χ2n) is 8.01. The Balaban J connectivity index is 1.33. The van der Waals surface area contributed by atoms with Crippen molar-refractivity contribution in [3.05, 3.63) is 71.3 Å². The number of aryl methyl sites for hydroxylation is 1. The standard InChI is InChI=1S/C24H28N4O2/c1-19-7-9-21(10-8-19)22-11-12-23(29)28(25-22)18-24(30)27-15-13-26(14-16-27)17-20-5-3-2-4-6-20/h2-10H,11-18H2,1H3. The summed E-state index contributed by atoms with van der Waals surface area (Å²) in [5.74, 6) is -0.112. The van der Waals surface area contributed by atoms with E-state index >= 15 is 0 Å². The number of rotatable bonds is 5. The lowest BCUT2D eigenvalue weighted by Crippen LogP contribution is -2.51.